The van der Waals surface area contributed by atoms with Crippen LogP contribution in [-0.2, 0) is 9.53 Å². The van der Waals surface area contributed by atoms with E-state index in [0.717, 1.165) is 44.8 Å². The minimum Gasteiger partial charge on any atom is -0.381 e. The number of fused-ring (bicyclic) bond motifs is 1. The van der Waals surface area contributed by atoms with Crippen molar-refractivity contribution in [2.45, 2.75) is 19.3 Å². The van der Waals surface area contributed by atoms with Gasteiger partial charge in [-0.25, -0.2) is 9.97 Å². The van der Waals surface area contributed by atoms with Crippen molar-refractivity contribution >= 4 is 17.5 Å². The SMILES string of the molecule is O=C1CN(CCC2CCOCC2)c2nccnc2N1. The summed E-state index contributed by atoms with van der Waals surface area (Å²) in [4.78, 5) is 22.2. The van der Waals surface area contributed by atoms with E-state index in [4.69, 9.17) is 4.74 Å². The molecule has 0 atom stereocenters. The zero-order valence-corrected chi connectivity index (χ0v) is 10.8. The average Bonchev–Trinajstić information content (AvgIpc) is 2.45. The van der Waals surface area contributed by atoms with Crippen LogP contribution in [0, 0.1) is 5.92 Å². The van der Waals surface area contributed by atoms with Gasteiger partial charge in [-0.2, -0.15) is 0 Å². The van der Waals surface area contributed by atoms with Crippen LogP contribution in [0.1, 0.15) is 19.3 Å². The Morgan fingerprint density at radius 2 is 2.11 bits per heavy atom. The maximum atomic E-state index is 11.6. The fourth-order valence-electron chi connectivity index (χ4n) is 2.63. The smallest absolute Gasteiger partial charge is 0.245 e. The summed E-state index contributed by atoms with van der Waals surface area (Å²) in [5, 5.41) is 2.75. The Bertz CT molecular complexity index is 460. The summed E-state index contributed by atoms with van der Waals surface area (Å²) < 4.78 is 5.36. The second-order valence-electron chi connectivity index (χ2n) is 5.04. The molecule has 0 aromatic carbocycles. The van der Waals surface area contributed by atoms with Gasteiger partial charge in [0.25, 0.3) is 0 Å². The molecule has 6 heteroatoms. The topological polar surface area (TPSA) is 67.4 Å². The van der Waals surface area contributed by atoms with Crippen LogP contribution in [0.4, 0.5) is 11.6 Å². The van der Waals surface area contributed by atoms with Crippen LogP contribution >= 0.6 is 0 Å². The zero-order chi connectivity index (χ0) is 13.1. The largest absolute Gasteiger partial charge is 0.381 e. The molecule has 0 bridgehead atoms. The molecular weight excluding hydrogens is 244 g/mol. The highest BCUT2D eigenvalue weighted by molar-refractivity contribution is 5.98. The number of anilines is 2. The highest BCUT2D eigenvalue weighted by Crippen LogP contribution is 2.26. The van der Waals surface area contributed by atoms with Crippen molar-refractivity contribution in [2.24, 2.45) is 5.92 Å². The maximum absolute atomic E-state index is 11.6. The van der Waals surface area contributed by atoms with Gasteiger partial charge in [0.2, 0.25) is 5.91 Å². The number of ether oxygens (including phenoxy) is 1. The van der Waals surface area contributed by atoms with Crippen molar-refractivity contribution in [3.8, 4) is 0 Å². The number of carbonyl (C=O) groups is 1. The number of hydrogen-bond donors (Lipinski definition) is 1. The van der Waals surface area contributed by atoms with E-state index in [-0.39, 0.29) is 5.91 Å². The molecule has 1 saturated heterocycles. The predicted octanol–water partition coefficient (Wildman–Crippen LogP) is 1.05. The summed E-state index contributed by atoms with van der Waals surface area (Å²) in [6, 6.07) is 0. The lowest BCUT2D eigenvalue weighted by Gasteiger charge is -2.30. The van der Waals surface area contributed by atoms with E-state index in [2.05, 4.69) is 15.3 Å². The fraction of sp³-hybridized carbons (Fsp3) is 0.615. The van der Waals surface area contributed by atoms with Gasteiger partial charge in [0, 0.05) is 32.2 Å². The van der Waals surface area contributed by atoms with Crippen LogP contribution in [0.2, 0.25) is 0 Å². The van der Waals surface area contributed by atoms with Gasteiger partial charge in [0.05, 0.1) is 6.54 Å². The number of aromatic nitrogens is 2. The Labute approximate surface area is 112 Å². The molecule has 3 rings (SSSR count). The minimum absolute atomic E-state index is 0.0139. The summed E-state index contributed by atoms with van der Waals surface area (Å²) in [6.07, 6.45) is 6.58. The standard InChI is InChI=1S/C13H18N4O2/c18-11-9-17(6-1-10-2-7-19-8-3-10)13-12(16-11)14-4-5-15-13/h4-5,10H,1-3,6-9H2,(H,14,16,18). The summed E-state index contributed by atoms with van der Waals surface area (Å²) in [5.41, 5.74) is 0. The van der Waals surface area contributed by atoms with E-state index in [1.807, 2.05) is 4.90 Å². The van der Waals surface area contributed by atoms with Gasteiger partial charge >= 0.3 is 0 Å². The molecule has 1 fully saturated rings. The van der Waals surface area contributed by atoms with Crippen molar-refractivity contribution in [2.75, 3.05) is 36.5 Å². The first-order valence-electron chi connectivity index (χ1n) is 6.76. The lowest BCUT2D eigenvalue weighted by atomic mass is 9.96. The Balaban J connectivity index is 1.65. The quantitative estimate of drug-likeness (QED) is 0.882. The van der Waals surface area contributed by atoms with Crippen LogP contribution in [0.3, 0.4) is 0 Å². The third-order valence-electron chi connectivity index (χ3n) is 3.72. The normalized spacial score (nSPS) is 20.0. The molecule has 1 aromatic heterocycles. The van der Waals surface area contributed by atoms with Crippen LogP contribution in [0.25, 0.3) is 0 Å². The Hall–Kier alpha value is -1.69. The molecule has 0 aliphatic carbocycles. The van der Waals surface area contributed by atoms with Crippen molar-refractivity contribution in [1.82, 2.24) is 9.97 Å². The molecule has 1 amide bonds. The van der Waals surface area contributed by atoms with Crippen LogP contribution in [0.15, 0.2) is 12.4 Å². The van der Waals surface area contributed by atoms with E-state index < -0.39 is 0 Å². The number of nitrogens with one attached hydrogen (secondary N) is 1. The van der Waals surface area contributed by atoms with E-state index in [0.29, 0.717) is 18.3 Å². The number of nitrogens with zero attached hydrogens (tertiary/aromatic N) is 3. The number of amides is 1. The average molecular weight is 262 g/mol. The molecule has 3 heterocycles. The maximum Gasteiger partial charge on any atom is 0.245 e. The van der Waals surface area contributed by atoms with Crippen molar-refractivity contribution in [3.05, 3.63) is 12.4 Å². The Kier molecular flexibility index (Phi) is 3.59. The van der Waals surface area contributed by atoms with Gasteiger partial charge in [-0.15, -0.1) is 0 Å². The molecule has 2 aliphatic rings. The van der Waals surface area contributed by atoms with Crippen LogP contribution in [-0.4, -0.2) is 42.2 Å². The van der Waals surface area contributed by atoms with Gasteiger partial charge in [0.1, 0.15) is 0 Å². The molecule has 19 heavy (non-hydrogen) atoms. The van der Waals surface area contributed by atoms with E-state index in [9.17, 15) is 4.79 Å². The lowest BCUT2D eigenvalue weighted by Crippen LogP contribution is -2.40. The van der Waals surface area contributed by atoms with Crippen LogP contribution < -0.4 is 10.2 Å². The highest BCUT2D eigenvalue weighted by atomic mass is 16.5. The van der Waals surface area contributed by atoms with Crippen LogP contribution in [0.5, 0.6) is 0 Å². The number of carbonyl (C=O) groups excluding carboxylic acids is 1. The summed E-state index contributed by atoms with van der Waals surface area (Å²) in [5.74, 6) is 2.04. The summed E-state index contributed by atoms with van der Waals surface area (Å²) in [6.45, 7) is 2.95. The molecule has 0 unspecified atom stereocenters. The monoisotopic (exact) mass is 262 g/mol. The molecule has 102 valence electrons. The first-order valence-corrected chi connectivity index (χ1v) is 6.76. The van der Waals surface area contributed by atoms with Crippen molar-refractivity contribution in [3.63, 3.8) is 0 Å². The molecule has 0 spiro atoms. The second-order valence-corrected chi connectivity index (χ2v) is 5.04. The van der Waals surface area contributed by atoms with E-state index in [1.165, 1.54) is 0 Å². The molecule has 0 radical (unpaired) electrons. The van der Waals surface area contributed by atoms with Gasteiger partial charge in [-0.3, -0.25) is 4.79 Å². The van der Waals surface area contributed by atoms with Crippen molar-refractivity contribution in [1.29, 1.82) is 0 Å². The summed E-state index contributed by atoms with van der Waals surface area (Å²) >= 11 is 0. The minimum atomic E-state index is -0.0139. The van der Waals surface area contributed by atoms with Gasteiger partial charge < -0.3 is 15.0 Å². The first-order chi connectivity index (χ1) is 9.33. The molecule has 2 aliphatic heterocycles. The molecule has 1 N–H and O–H groups in total. The Morgan fingerprint density at radius 1 is 1.32 bits per heavy atom. The zero-order valence-electron chi connectivity index (χ0n) is 10.8. The highest BCUT2D eigenvalue weighted by Gasteiger charge is 2.25. The Morgan fingerprint density at radius 3 is 2.95 bits per heavy atom. The van der Waals surface area contributed by atoms with Gasteiger partial charge in [-0.1, -0.05) is 0 Å². The van der Waals surface area contributed by atoms with E-state index >= 15 is 0 Å². The molecular formula is C13H18N4O2. The summed E-state index contributed by atoms with van der Waals surface area (Å²) in [7, 11) is 0. The molecule has 1 aromatic rings. The first kappa shape index (κ1) is 12.3. The predicted molar refractivity (Wildman–Crippen MR) is 71.0 cm³/mol. The molecule has 0 saturated carbocycles. The third kappa shape index (κ3) is 2.84. The van der Waals surface area contributed by atoms with Crippen molar-refractivity contribution < 1.29 is 9.53 Å². The number of rotatable bonds is 3. The third-order valence-corrected chi connectivity index (χ3v) is 3.72. The van der Waals surface area contributed by atoms with Gasteiger partial charge in [-0.05, 0) is 25.2 Å². The van der Waals surface area contributed by atoms with Gasteiger partial charge in [0.15, 0.2) is 11.6 Å². The molecule has 6 nitrogen and oxygen atoms in total. The lowest BCUT2D eigenvalue weighted by molar-refractivity contribution is -0.115. The second kappa shape index (κ2) is 5.52. The fourth-order valence-corrected chi connectivity index (χ4v) is 2.63. The van der Waals surface area contributed by atoms with E-state index in [1.54, 1.807) is 12.4 Å². The number of hydrogen-bond acceptors (Lipinski definition) is 5.